The van der Waals surface area contributed by atoms with Crippen molar-refractivity contribution < 1.29 is 66.9 Å². The molecule has 24 heteroatoms. The molecule has 22 nitrogen and oxygen atoms in total. The molecule has 1 aliphatic heterocycles. The second kappa shape index (κ2) is 29.6. The number of amides is 9. The monoisotopic (exact) mass is 1090 g/mol. The van der Waals surface area contributed by atoms with Crippen LogP contribution in [0.5, 0.6) is 0 Å². The molecule has 0 saturated heterocycles. The minimum atomic E-state index is -1.30. The van der Waals surface area contributed by atoms with Crippen LogP contribution >= 0.6 is 0 Å². The van der Waals surface area contributed by atoms with E-state index in [-0.39, 0.29) is 63.8 Å². The zero-order chi connectivity index (χ0) is 57.9. The maximum atomic E-state index is 15.1. The average Bonchev–Trinajstić information content (AvgIpc) is 3.93. The van der Waals surface area contributed by atoms with Crippen molar-refractivity contribution in [1.82, 2.24) is 46.3 Å². The van der Waals surface area contributed by atoms with Gasteiger partial charge in [0.2, 0.25) is 41.4 Å². The summed E-state index contributed by atoms with van der Waals surface area (Å²) in [5, 5.41) is 35.0. The number of imide groups is 1. The van der Waals surface area contributed by atoms with Gasteiger partial charge in [-0.15, -0.1) is 0 Å². The summed E-state index contributed by atoms with van der Waals surface area (Å²) in [6.45, 7) is 8.97. The third kappa shape index (κ3) is 19.0. The molecule has 3 aromatic rings. The molecule has 0 aliphatic carbocycles. The number of hydrogen-bond acceptors (Lipinski definition) is 12. The molecule has 0 bridgehead atoms. The Morgan fingerprint density at radius 1 is 0.744 bits per heavy atom. The number of carbonyl (C=O) groups is 10. The minimum absolute atomic E-state index is 0.0175. The van der Waals surface area contributed by atoms with Crippen molar-refractivity contribution in [3.05, 3.63) is 95.8 Å². The summed E-state index contributed by atoms with van der Waals surface area (Å²) in [6.07, 6.45) is 3.92. The molecule has 0 fully saturated rings. The highest BCUT2D eigenvalue weighted by Crippen LogP contribution is 2.41. The van der Waals surface area contributed by atoms with Gasteiger partial charge in [-0.05, 0) is 73.8 Å². The van der Waals surface area contributed by atoms with Crippen LogP contribution in [0, 0.1) is 23.0 Å². The summed E-state index contributed by atoms with van der Waals surface area (Å²) in [5.41, 5.74) is 7.45. The number of unbranched alkanes of at least 4 members (excludes halogenated alkanes) is 1. The molecule has 0 spiro atoms. The maximum absolute atomic E-state index is 15.1. The Balaban J connectivity index is 1.19. The van der Waals surface area contributed by atoms with Gasteiger partial charge in [0.05, 0.1) is 12.1 Å². The van der Waals surface area contributed by atoms with E-state index >= 15 is 4.39 Å². The maximum Gasteiger partial charge on any atom is 0.326 e. The Morgan fingerprint density at radius 2 is 1.38 bits per heavy atom. The van der Waals surface area contributed by atoms with Gasteiger partial charge in [-0.3, -0.25) is 48.1 Å². The third-order valence-electron chi connectivity index (χ3n) is 12.6. The molecule has 78 heavy (non-hydrogen) atoms. The van der Waals surface area contributed by atoms with Gasteiger partial charge in [0.25, 0.3) is 11.8 Å². The first-order valence-corrected chi connectivity index (χ1v) is 25.6. The van der Waals surface area contributed by atoms with E-state index in [9.17, 15) is 62.5 Å². The number of aliphatic hydroxyl groups excluding tert-OH is 1. The summed E-state index contributed by atoms with van der Waals surface area (Å²) < 4.78 is 31.4. The smallest absolute Gasteiger partial charge is 0.326 e. The Hall–Kier alpha value is -7.86. The second-order valence-electron chi connectivity index (χ2n) is 20.3. The Kier molecular flexibility index (Phi) is 23.8. The van der Waals surface area contributed by atoms with Crippen molar-refractivity contribution in [2.75, 3.05) is 39.3 Å². The molecule has 1 aliphatic rings. The van der Waals surface area contributed by atoms with E-state index in [1.165, 1.54) is 11.8 Å². The highest BCUT2D eigenvalue weighted by Gasteiger charge is 2.38. The number of carbonyl (C=O) groups excluding carboxylic acids is 9. The summed E-state index contributed by atoms with van der Waals surface area (Å²) in [5.74, 6) is -8.83. The molecule has 4 rings (SSSR count). The van der Waals surface area contributed by atoms with Crippen LogP contribution in [0.3, 0.4) is 0 Å². The minimum Gasteiger partial charge on any atom is -0.480 e. The standard InChI is InChI=1S/C54H72F2N10O12/c1-32(2)48(63-44(70)30-66-45(71)17-18-46(66)72)52(76)61-33(3)50(74)59-24-20-43(69)62-40(53(77)78)14-10-11-22-58-42(68)19-23-60-51(75)39(57)21-25-65(47(73)31-67)49(54(4,5)6)41-26-35(37-27-36(55)15-16-38(37)56)29-64(41)28-34-12-8-7-9-13-34/h7-9,12-13,15-18,26-27,29,32-33,39-40,48-49,67H,10-11,14,19-25,28,30-31,57H2,1-6H3,(H,58,68)(H,59,74)(H,60,75)(H,61,76)(H,62,69)(H,63,70)(H,77,78). The molecule has 424 valence electrons. The first-order valence-electron chi connectivity index (χ1n) is 25.6. The zero-order valence-corrected chi connectivity index (χ0v) is 44.7. The van der Waals surface area contributed by atoms with Crippen LogP contribution in [0.25, 0.3) is 11.1 Å². The van der Waals surface area contributed by atoms with Crippen molar-refractivity contribution in [1.29, 1.82) is 0 Å². The quantitative estimate of drug-likeness (QED) is 0.0339. The van der Waals surface area contributed by atoms with E-state index in [1.54, 1.807) is 26.1 Å². The molecule has 10 N–H and O–H groups in total. The highest BCUT2D eigenvalue weighted by molar-refractivity contribution is 6.14. The van der Waals surface area contributed by atoms with Crippen LogP contribution in [0.4, 0.5) is 8.78 Å². The topological polar surface area (TPSA) is 321 Å². The first-order chi connectivity index (χ1) is 36.8. The molecule has 0 saturated carbocycles. The van der Waals surface area contributed by atoms with E-state index in [4.69, 9.17) is 5.73 Å². The fourth-order valence-corrected chi connectivity index (χ4v) is 8.56. The van der Waals surface area contributed by atoms with E-state index in [0.717, 1.165) is 35.9 Å². The number of halogens is 2. The summed E-state index contributed by atoms with van der Waals surface area (Å²) >= 11 is 0. The Bertz CT molecular complexity index is 2660. The van der Waals surface area contributed by atoms with Crippen LogP contribution in [0.2, 0.25) is 0 Å². The molecule has 9 amide bonds. The van der Waals surface area contributed by atoms with E-state index in [2.05, 4.69) is 31.9 Å². The van der Waals surface area contributed by atoms with Crippen molar-refractivity contribution in [2.24, 2.45) is 17.1 Å². The van der Waals surface area contributed by atoms with E-state index in [1.807, 2.05) is 55.7 Å². The van der Waals surface area contributed by atoms with Crippen LogP contribution in [-0.4, -0.2) is 147 Å². The molecular formula is C54H72F2N10O12. The second-order valence-corrected chi connectivity index (χ2v) is 20.3. The Morgan fingerprint density at radius 3 is 2.00 bits per heavy atom. The van der Waals surface area contributed by atoms with Crippen molar-refractivity contribution >= 4 is 59.1 Å². The van der Waals surface area contributed by atoms with E-state index in [0.29, 0.717) is 29.1 Å². The lowest BCUT2D eigenvalue weighted by atomic mass is 9.82. The molecule has 1 aromatic heterocycles. The summed E-state index contributed by atoms with van der Waals surface area (Å²) in [4.78, 5) is 128. The molecule has 2 aromatic carbocycles. The van der Waals surface area contributed by atoms with Gasteiger partial charge in [-0.2, -0.15) is 0 Å². The van der Waals surface area contributed by atoms with Crippen molar-refractivity contribution in [3.63, 3.8) is 0 Å². The van der Waals surface area contributed by atoms with Crippen LogP contribution in [-0.2, 0) is 54.5 Å². The van der Waals surface area contributed by atoms with Gasteiger partial charge in [0.1, 0.15) is 42.9 Å². The molecule has 0 radical (unpaired) electrons. The van der Waals surface area contributed by atoms with Gasteiger partial charge in [-0.1, -0.05) is 65.0 Å². The molecular weight excluding hydrogens is 1020 g/mol. The summed E-state index contributed by atoms with van der Waals surface area (Å²) in [6, 6.07) is 8.85. The predicted octanol–water partition coefficient (Wildman–Crippen LogP) is 1.55. The number of nitrogens with two attached hydrogens (primary N) is 1. The van der Waals surface area contributed by atoms with Crippen LogP contribution in [0.15, 0.2) is 72.9 Å². The molecule has 2 heterocycles. The number of nitrogens with zero attached hydrogens (tertiary/aromatic N) is 3. The van der Waals surface area contributed by atoms with Gasteiger partial charge < -0.3 is 57.3 Å². The summed E-state index contributed by atoms with van der Waals surface area (Å²) in [7, 11) is 0. The number of hydrogen-bond donors (Lipinski definition) is 9. The van der Waals surface area contributed by atoms with Crippen LogP contribution in [0.1, 0.15) is 97.4 Å². The highest BCUT2D eigenvalue weighted by atomic mass is 19.1. The lowest BCUT2D eigenvalue weighted by Crippen LogP contribution is -2.56. The zero-order valence-electron chi connectivity index (χ0n) is 44.7. The van der Waals surface area contributed by atoms with Gasteiger partial charge >= 0.3 is 5.97 Å². The lowest BCUT2D eigenvalue weighted by molar-refractivity contribution is -0.142. The molecule has 5 unspecified atom stereocenters. The number of aliphatic carboxylic acids is 1. The Labute approximate surface area is 451 Å². The number of nitrogens with one attached hydrogen (secondary N) is 6. The SMILES string of the molecule is CC(NC(=O)C(NC(=O)CN1C(=O)C=CC1=O)C(C)C)C(=O)NCCC(=O)NC(CCCCNC(=O)CCNC(=O)C(N)CCN(C(=O)CO)C(c1cc(-c2cc(F)ccc2F)cn1Cc1ccccc1)C(C)(C)C)C(=O)O. The number of rotatable bonds is 30. The number of aliphatic hydroxyl groups is 1. The largest absolute Gasteiger partial charge is 0.480 e. The predicted molar refractivity (Wildman–Crippen MR) is 281 cm³/mol. The van der Waals surface area contributed by atoms with Crippen molar-refractivity contribution in [3.8, 4) is 11.1 Å². The number of aromatic nitrogens is 1. The lowest BCUT2D eigenvalue weighted by Gasteiger charge is -2.41. The van der Waals surface area contributed by atoms with Gasteiger partial charge in [0.15, 0.2) is 0 Å². The fourth-order valence-electron chi connectivity index (χ4n) is 8.56. The molecule has 5 atom stereocenters. The third-order valence-corrected chi connectivity index (χ3v) is 12.6. The van der Waals surface area contributed by atoms with E-state index < -0.39 is 125 Å². The number of benzene rings is 2. The normalized spacial score (nSPS) is 14.2. The fraction of sp³-hybridized carbons (Fsp3) is 0.481. The van der Waals surface area contributed by atoms with Gasteiger partial charge in [-0.25, -0.2) is 13.6 Å². The van der Waals surface area contributed by atoms with Crippen LogP contribution < -0.4 is 37.6 Å². The number of carboxylic acids is 1. The number of carboxylic acid groups (broad SMARTS) is 1. The van der Waals surface area contributed by atoms with Gasteiger partial charge in [0, 0.05) is 80.7 Å². The first kappa shape index (κ1) is 62.7. The van der Waals surface area contributed by atoms with Crippen molar-refractivity contribution in [2.45, 2.75) is 117 Å². The average molecular weight is 1090 g/mol.